The molecule has 3 heteroatoms. The largest absolute Gasteiger partial charge is 0.456 e. The van der Waals surface area contributed by atoms with E-state index in [-0.39, 0.29) is 21.7 Å². The highest BCUT2D eigenvalue weighted by atomic mass is 16.3. The van der Waals surface area contributed by atoms with Crippen LogP contribution in [0.5, 0.6) is 0 Å². The number of rotatable bonds is 4. The summed E-state index contributed by atoms with van der Waals surface area (Å²) in [4.78, 5) is 2.59. The molecule has 0 aliphatic heterocycles. The molecule has 0 amide bonds. The molecule has 0 spiro atoms. The smallest absolute Gasteiger partial charge is 0.144 e. The Morgan fingerprint density at radius 2 is 0.961 bits per heavy atom. The third kappa shape index (κ3) is 5.38. The van der Waals surface area contributed by atoms with E-state index >= 15 is 0 Å². The molecule has 5 aliphatic carbocycles. The molecule has 2 heterocycles. The zero-order valence-corrected chi connectivity index (χ0v) is 44.8. The maximum atomic E-state index is 7.18. The molecule has 5 aliphatic rings. The van der Waals surface area contributed by atoms with Crippen molar-refractivity contribution in [3.8, 4) is 55.6 Å². The molecule has 368 valence electrons. The Morgan fingerprint density at radius 1 is 0.395 bits per heavy atom. The molecule has 0 radical (unpaired) electrons. The lowest BCUT2D eigenvalue weighted by Gasteiger charge is -2.32. The van der Waals surface area contributed by atoms with Crippen LogP contribution in [0.1, 0.15) is 118 Å². The van der Waals surface area contributed by atoms with E-state index in [1.807, 2.05) is 0 Å². The molecule has 2 aromatic heterocycles. The Hall–Kier alpha value is -8.14. The summed E-state index contributed by atoms with van der Waals surface area (Å²) in [5.41, 5.74) is 31.2. The molecule has 0 saturated carbocycles. The van der Waals surface area contributed by atoms with Gasteiger partial charge in [-0.2, -0.15) is 0 Å². The van der Waals surface area contributed by atoms with Crippen molar-refractivity contribution in [2.75, 3.05) is 4.90 Å². The van der Waals surface area contributed by atoms with Crippen molar-refractivity contribution >= 4 is 62.1 Å². The molecule has 0 saturated heterocycles. The van der Waals surface area contributed by atoms with Crippen LogP contribution >= 0.6 is 0 Å². The molecule has 3 nitrogen and oxygen atoms in total. The highest BCUT2D eigenvalue weighted by Gasteiger charge is 2.49. The first-order valence-corrected chi connectivity index (χ1v) is 27.5. The average molecular weight is 982 g/mol. The number of anilines is 3. The first kappa shape index (κ1) is 44.2. The molecule has 16 rings (SSSR count). The zero-order valence-electron chi connectivity index (χ0n) is 44.8. The lowest BCUT2D eigenvalue weighted by atomic mass is 9.72. The third-order valence-electron chi connectivity index (χ3n) is 19.2. The fourth-order valence-corrected chi connectivity index (χ4v) is 15.5. The fourth-order valence-electron chi connectivity index (χ4n) is 15.5. The Kier molecular flexibility index (Phi) is 8.50. The van der Waals surface area contributed by atoms with Gasteiger partial charge in [-0.05, 0) is 157 Å². The molecule has 0 fully saturated rings. The third-order valence-corrected chi connectivity index (χ3v) is 19.2. The van der Waals surface area contributed by atoms with Gasteiger partial charge in [0.25, 0.3) is 0 Å². The highest BCUT2D eigenvalue weighted by molar-refractivity contribution is 6.19. The quantitative estimate of drug-likeness (QED) is 0.176. The van der Waals surface area contributed by atoms with Gasteiger partial charge in [0.2, 0.25) is 0 Å². The monoisotopic (exact) mass is 981 g/mol. The fraction of sp³-hybridized carbons (Fsp3) is 0.205. The van der Waals surface area contributed by atoms with Crippen molar-refractivity contribution in [1.82, 2.24) is 0 Å². The Balaban J connectivity index is 0.954. The lowest BCUT2D eigenvalue weighted by Crippen LogP contribution is -2.25. The number of fused-ring (bicyclic) bond motifs is 22. The van der Waals surface area contributed by atoms with Crippen molar-refractivity contribution < 1.29 is 8.83 Å². The van der Waals surface area contributed by atoms with Crippen LogP contribution in [0.25, 0.3) is 101 Å². The molecule has 0 bridgehead atoms. The second kappa shape index (κ2) is 14.6. The van der Waals surface area contributed by atoms with Crippen molar-refractivity contribution in [3.05, 3.63) is 218 Å². The van der Waals surface area contributed by atoms with Crippen LogP contribution in [0.3, 0.4) is 0 Å². The van der Waals surface area contributed by atoms with Gasteiger partial charge in [-0.1, -0.05) is 177 Å². The van der Waals surface area contributed by atoms with E-state index in [1.165, 1.54) is 122 Å². The first-order valence-electron chi connectivity index (χ1n) is 27.5. The van der Waals surface area contributed by atoms with Gasteiger partial charge in [0, 0.05) is 71.1 Å². The maximum absolute atomic E-state index is 7.18. The number of aryl methyl sites for hydroxylation is 1. The lowest BCUT2D eigenvalue weighted by molar-refractivity contribution is 0.569. The summed E-state index contributed by atoms with van der Waals surface area (Å²) in [6.07, 6.45) is 6.77. The minimum Gasteiger partial charge on any atom is -0.456 e. The SMILES string of the molecule is Cc1ccccc1-c1cc2c(c3c1oc1ccccc13)-c1ccc(N(c3ccc4c(c3)C(C)(C)c3c5c(c6c7c(oc6c3-4)=CCCC=7)-c3ccccc3C5(C)C)c3cccc4c3-c3ccccc3C4(C)C)cc1C2(C)C. The normalized spacial score (nSPS) is 16.8. The summed E-state index contributed by atoms with van der Waals surface area (Å²) in [7, 11) is 0. The number of nitrogens with zero attached hydrogens (tertiary/aromatic N) is 1. The minimum atomic E-state index is -0.354. The van der Waals surface area contributed by atoms with E-state index in [2.05, 4.69) is 237 Å². The van der Waals surface area contributed by atoms with Crippen molar-refractivity contribution in [2.45, 2.75) is 96.8 Å². The Bertz CT molecular complexity index is 4600. The average Bonchev–Trinajstić information content (AvgIpc) is 4.41. The summed E-state index contributed by atoms with van der Waals surface area (Å²) in [6.45, 7) is 21.7. The van der Waals surface area contributed by atoms with Crippen molar-refractivity contribution in [1.29, 1.82) is 0 Å². The van der Waals surface area contributed by atoms with E-state index in [9.17, 15) is 0 Å². The van der Waals surface area contributed by atoms with Crippen LogP contribution < -0.4 is 15.5 Å². The predicted octanol–water partition coefficient (Wildman–Crippen LogP) is 18.4. The molecule has 11 aromatic rings. The summed E-state index contributed by atoms with van der Waals surface area (Å²) in [6, 6.07) is 59.7. The Labute approximate surface area is 444 Å². The van der Waals surface area contributed by atoms with E-state index < -0.39 is 0 Å². The highest BCUT2D eigenvalue weighted by Crippen LogP contribution is 2.63. The van der Waals surface area contributed by atoms with Gasteiger partial charge >= 0.3 is 0 Å². The molecule has 9 aromatic carbocycles. The number of furan rings is 2. The van der Waals surface area contributed by atoms with Crippen LogP contribution in [0.15, 0.2) is 167 Å². The summed E-state index contributed by atoms with van der Waals surface area (Å²) in [5.74, 6) is 0. The first-order chi connectivity index (χ1) is 36.7. The molecular formula is C73H59NO2. The van der Waals surface area contributed by atoms with Crippen molar-refractivity contribution in [2.24, 2.45) is 0 Å². The van der Waals surface area contributed by atoms with E-state index in [0.717, 1.165) is 57.3 Å². The standard InChI is InChI=1S/C73H59NO2/c1-40-21-10-11-22-43(40)50-39-56-61(63-48-25-14-18-31-58(48)75-68(50)63)46-35-33-41(37-54(46)71(56,4)5)74(57-30-20-29-53-60(57)44-23-12-16-27-51(44)70(53,2)3)42-34-36-47-55(38-42)73(8,9)67-65(47)69-64(49-26-15-19-32-59(49)76-69)62-45-24-13-17-28-52(45)72(6,7)66(62)67/h10-14,16-18,20-39H,15,19H2,1-9H3. The second-order valence-corrected chi connectivity index (χ2v) is 24.6. The van der Waals surface area contributed by atoms with Gasteiger partial charge in [-0.15, -0.1) is 0 Å². The minimum absolute atomic E-state index is 0.169. The summed E-state index contributed by atoms with van der Waals surface area (Å²) < 4.78 is 14.1. The maximum Gasteiger partial charge on any atom is 0.144 e. The predicted molar refractivity (Wildman–Crippen MR) is 316 cm³/mol. The molecule has 0 N–H and O–H groups in total. The van der Waals surface area contributed by atoms with Crippen LogP contribution in [-0.2, 0) is 21.7 Å². The van der Waals surface area contributed by atoms with Crippen LogP contribution in [-0.4, -0.2) is 0 Å². The molecular weight excluding hydrogens is 923 g/mol. The van der Waals surface area contributed by atoms with Gasteiger partial charge in [0.1, 0.15) is 22.2 Å². The topological polar surface area (TPSA) is 29.5 Å². The number of hydrogen-bond acceptors (Lipinski definition) is 3. The number of hydrogen-bond donors (Lipinski definition) is 0. The van der Waals surface area contributed by atoms with Crippen LogP contribution in [0.2, 0.25) is 0 Å². The van der Waals surface area contributed by atoms with Gasteiger partial charge < -0.3 is 13.7 Å². The van der Waals surface area contributed by atoms with E-state index in [0.29, 0.717) is 0 Å². The van der Waals surface area contributed by atoms with E-state index in [1.54, 1.807) is 0 Å². The van der Waals surface area contributed by atoms with E-state index in [4.69, 9.17) is 8.83 Å². The van der Waals surface area contributed by atoms with Gasteiger partial charge in [0.15, 0.2) is 0 Å². The molecule has 76 heavy (non-hydrogen) atoms. The van der Waals surface area contributed by atoms with Gasteiger partial charge in [-0.3, -0.25) is 0 Å². The van der Waals surface area contributed by atoms with Crippen LogP contribution in [0.4, 0.5) is 17.1 Å². The Morgan fingerprint density at radius 3 is 1.71 bits per heavy atom. The number of para-hydroxylation sites is 1. The van der Waals surface area contributed by atoms with Crippen molar-refractivity contribution in [3.63, 3.8) is 0 Å². The van der Waals surface area contributed by atoms with Gasteiger partial charge in [-0.25, -0.2) is 0 Å². The molecule has 0 unspecified atom stereocenters. The molecule has 0 atom stereocenters. The second-order valence-electron chi connectivity index (χ2n) is 24.6. The summed E-state index contributed by atoms with van der Waals surface area (Å²) >= 11 is 0. The van der Waals surface area contributed by atoms with Crippen LogP contribution in [0, 0.1) is 6.92 Å². The zero-order chi connectivity index (χ0) is 51.5. The van der Waals surface area contributed by atoms with Gasteiger partial charge in [0.05, 0.1) is 5.69 Å². The number of benzene rings is 9. The summed E-state index contributed by atoms with van der Waals surface area (Å²) in [5, 5.41) is 4.89.